The van der Waals surface area contributed by atoms with Crippen LogP contribution < -0.4 is 10.6 Å². The van der Waals surface area contributed by atoms with Gasteiger partial charge in [0, 0.05) is 30.9 Å². The van der Waals surface area contributed by atoms with Gasteiger partial charge in [0.25, 0.3) is 0 Å². The van der Waals surface area contributed by atoms with Crippen LogP contribution in [-0.2, 0) is 0 Å². The Morgan fingerprint density at radius 2 is 1.58 bits per heavy atom. The first-order chi connectivity index (χ1) is 5.86. The Kier molecular flexibility index (Phi) is 2.00. The predicted octanol–water partition coefficient (Wildman–Crippen LogP) is 1.16. The van der Waals surface area contributed by atoms with E-state index >= 15 is 0 Å². The molecular formula is C10H15N2+. The summed E-state index contributed by atoms with van der Waals surface area (Å²) in [5, 5.41) is 0. The van der Waals surface area contributed by atoms with Crippen molar-refractivity contribution >= 4 is 11.4 Å². The molecule has 0 aromatic heterocycles. The van der Waals surface area contributed by atoms with Crippen molar-refractivity contribution in [2.45, 2.75) is 12.8 Å². The second-order valence-electron chi connectivity index (χ2n) is 3.36. The van der Waals surface area contributed by atoms with Crippen LogP contribution in [-0.4, -0.2) is 13.1 Å². The Labute approximate surface area is 73.0 Å². The maximum absolute atomic E-state index is 3.87. The molecule has 0 aliphatic carbocycles. The highest BCUT2D eigenvalue weighted by Gasteiger charge is 2.11. The SMILES string of the molecule is [NH3+]c1ccc(N2CCCC2)cc1. The Morgan fingerprint density at radius 3 is 2.17 bits per heavy atom. The van der Waals surface area contributed by atoms with Crippen LogP contribution in [0.3, 0.4) is 0 Å². The molecule has 1 saturated heterocycles. The second kappa shape index (κ2) is 3.15. The molecule has 1 heterocycles. The summed E-state index contributed by atoms with van der Waals surface area (Å²) in [4.78, 5) is 2.43. The van der Waals surface area contributed by atoms with E-state index in [9.17, 15) is 0 Å². The van der Waals surface area contributed by atoms with Crippen molar-refractivity contribution in [2.24, 2.45) is 0 Å². The second-order valence-corrected chi connectivity index (χ2v) is 3.36. The van der Waals surface area contributed by atoms with Gasteiger partial charge in [0.2, 0.25) is 0 Å². The van der Waals surface area contributed by atoms with Gasteiger partial charge in [0.15, 0.2) is 0 Å². The van der Waals surface area contributed by atoms with Crippen molar-refractivity contribution in [1.82, 2.24) is 0 Å². The third kappa shape index (κ3) is 1.43. The van der Waals surface area contributed by atoms with Gasteiger partial charge in [-0.15, -0.1) is 0 Å². The van der Waals surface area contributed by atoms with E-state index in [-0.39, 0.29) is 0 Å². The van der Waals surface area contributed by atoms with Gasteiger partial charge in [-0.2, -0.15) is 0 Å². The maximum Gasteiger partial charge on any atom is 0.128 e. The zero-order chi connectivity index (χ0) is 8.39. The van der Waals surface area contributed by atoms with Crippen molar-refractivity contribution in [1.29, 1.82) is 0 Å². The Balaban J connectivity index is 2.17. The number of rotatable bonds is 1. The van der Waals surface area contributed by atoms with Crippen molar-refractivity contribution in [2.75, 3.05) is 18.0 Å². The number of nitrogens with zero attached hydrogens (tertiary/aromatic N) is 1. The standard InChI is InChI=1S/C10H14N2/c11-9-3-5-10(6-4-9)12-7-1-2-8-12/h3-6H,1-2,7-8,11H2/p+1. The molecule has 3 N–H and O–H groups in total. The van der Waals surface area contributed by atoms with Crippen LogP contribution >= 0.6 is 0 Å². The van der Waals surface area contributed by atoms with E-state index in [4.69, 9.17) is 0 Å². The molecule has 0 atom stereocenters. The minimum Gasteiger partial charge on any atom is -0.372 e. The van der Waals surface area contributed by atoms with Crippen LogP contribution in [0.2, 0.25) is 0 Å². The zero-order valence-electron chi connectivity index (χ0n) is 7.29. The molecule has 1 aromatic carbocycles. The van der Waals surface area contributed by atoms with Crippen LogP contribution in [0.15, 0.2) is 24.3 Å². The normalized spacial score (nSPS) is 16.9. The van der Waals surface area contributed by atoms with E-state index in [1.165, 1.54) is 31.6 Å². The summed E-state index contributed by atoms with van der Waals surface area (Å²) >= 11 is 0. The van der Waals surface area contributed by atoms with E-state index in [0.717, 1.165) is 5.69 Å². The molecule has 64 valence electrons. The van der Waals surface area contributed by atoms with Crippen molar-refractivity contribution in [3.05, 3.63) is 24.3 Å². The minimum atomic E-state index is 1.10. The number of benzene rings is 1. The molecule has 0 saturated carbocycles. The number of hydrogen-bond donors (Lipinski definition) is 1. The molecular weight excluding hydrogens is 148 g/mol. The van der Waals surface area contributed by atoms with Crippen LogP contribution in [0, 0.1) is 0 Å². The molecule has 0 unspecified atom stereocenters. The Morgan fingerprint density at radius 1 is 1.00 bits per heavy atom. The summed E-state index contributed by atoms with van der Waals surface area (Å²) < 4.78 is 0. The average Bonchev–Trinajstić information content (AvgIpc) is 2.58. The molecule has 1 aromatic rings. The van der Waals surface area contributed by atoms with Gasteiger partial charge in [-0.1, -0.05) is 0 Å². The van der Waals surface area contributed by atoms with Crippen molar-refractivity contribution in [3.8, 4) is 0 Å². The summed E-state index contributed by atoms with van der Waals surface area (Å²) in [6.45, 7) is 2.44. The molecule has 1 aliphatic rings. The van der Waals surface area contributed by atoms with Gasteiger partial charge in [-0.3, -0.25) is 0 Å². The molecule has 0 bridgehead atoms. The quantitative estimate of drug-likeness (QED) is 0.661. The van der Waals surface area contributed by atoms with Crippen LogP contribution in [0.4, 0.5) is 11.4 Å². The highest BCUT2D eigenvalue weighted by atomic mass is 15.1. The van der Waals surface area contributed by atoms with Gasteiger partial charge in [0.1, 0.15) is 5.69 Å². The largest absolute Gasteiger partial charge is 0.372 e. The molecule has 0 radical (unpaired) electrons. The fourth-order valence-corrected chi connectivity index (χ4v) is 1.68. The highest BCUT2D eigenvalue weighted by Crippen LogP contribution is 2.20. The minimum absolute atomic E-state index is 1.10. The maximum atomic E-state index is 3.87. The third-order valence-electron chi connectivity index (χ3n) is 2.41. The number of anilines is 1. The van der Waals surface area contributed by atoms with Crippen LogP contribution in [0.1, 0.15) is 12.8 Å². The summed E-state index contributed by atoms with van der Waals surface area (Å²) in [6, 6.07) is 8.47. The van der Waals surface area contributed by atoms with E-state index < -0.39 is 0 Å². The smallest absolute Gasteiger partial charge is 0.128 e. The van der Waals surface area contributed by atoms with Crippen LogP contribution in [0.5, 0.6) is 0 Å². The topological polar surface area (TPSA) is 30.9 Å². The van der Waals surface area contributed by atoms with Crippen molar-refractivity contribution < 1.29 is 5.73 Å². The fraction of sp³-hybridized carbons (Fsp3) is 0.400. The zero-order valence-corrected chi connectivity index (χ0v) is 7.29. The first-order valence-corrected chi connectivity index (χ1v) is 4.53. The van der Waals surface area contributed by atoms with Gasteiger partial charge >= 0.3 is 0 Å². The fourth-order valence-electron chi connectivity index (χ4n) is 1.68. The lowest BCUT2D eigenvalue weighted by Crippen LogP contribution is -2.39. The summed E-state index contributed by atoms with van der Waals surface area (Å²) in [5.41, 5.74) is 6.31. The van der Waals surface area contributed by atoms with Gasteiger partial charge in [-0.25, -0.2) is 0 Å². The molecule has 0 amide bonds. The van der Waals surface area contributed by atoms with E-state index in [0.29, 0.717) is 0 Å². The Bertz CT molecular complexity index is 247. The molecule has 12 heavy (non-hydrogen) atoms. The number of hydrogen-bond acceptors (Lipinski definition) is 1. The lowest BCUT2D eigenvalue weighted by Gasteiger charge is -2.16. The summed E-state index contributed by atoms with van der Waals surface area (Å²) in [6.07, 6.45) is 2.68. The van der Waals surface area contributed by atoms with E-state index in [1.807, 2.05) is 0 Å². The lowest BCUT2D eigenvalue weighted by molar-refractivity contribution is -0.254. The first kappa shape index (κ1) is 7.62. The average molecular weight is 163 g/mol. The Hall–Kier alpha value is -1.02. The monoisotopic (exact) mass is 163 g/mol. The van der Waals surface area contributed by atoms with Gasteiger partial charge in [0.05, 0.1) is 0 Å². The molecule has 2 rings (SSSR count). The van der Waals surface area contributed by atoms with Gasteiger partial charge < -0.3 is 10.6 Å². The predicted molar refractivity (Wildman–Crippen MR) is 50.4 cm³/mol. The molecule has 1 fully saturated rings. The molecule has 1 aliphatic heterocycles. The summed E-state index contributed by atoms with van der Waals surface area (Å²) in [7, 11) is 0. The number of quaternary nitrogens is 1. The van der Waals surface area contributed by atoms with Crippen molar-refractivity contribution in [3.63, 3.8) is 0 Å². The highest BCUT2D eigenvalue weighted by molar-refractivity contribution is 5.50. The molecule has 2 nitrogen and oxygen atoms in total. The molecule has 0 spiro atoms. The van der Waals surface area contributed by atoms with E-state index in [1.54, 1.807) is 0 Å². The summed E-state index contributed by atoms with van der Waals surface area (Å²) in [5.74, 6) is 0. The first-order valence-electron chi connectivity index (χ1n) is 4.53. The van der Waals surface area contributed by atoms with Crippen LogP contribution in [0.25, 0.3) is 0 Å². The molecule has 2 heteroatoms. The third-order valence-corrected chi connectivity index (χ3v) is 2.41. The lowest BCUT2D eigenvalue weighted by atomic mass is 10.2. The van der Waals surface area contributed by atoms with E-state index in [2.05, 4.69) is 34.9 Å². The van der Waals surface area contributed by atoms with Gasteiger partial charge in [-0.05, 0) is 25.0 Å².